The lowest BCUT2D eigenvalue weighted by Crippen LogP contribution is -2.49. The van der Waals surface area contributed by atoms with Crippen LogP contribution in [0.15, 0.2) is 24.3 Å². The number of anilines is 1. The standard InChI is InChI=1S/C27H34N4O2S/c1-4-5-23-28-26(25-21-11-6-18(2)16-22(21)34-27(25)29-23)31-14-12-30(13-15-31)24(32)17-19-7-9-20(33-3)10-8-19/h7-10,18H,4-6,11-17H2,1-3H3/t18-/m1/s1. The molecule has 7 heteroatoms. The van der Waals surface area contributed by atoms with E-state index in [2.05, 4.69) is 18.7 Å². The summed E-state index contributed by atoms with van der Waals surface area (Å²) in [5.74, 6) is 3.80. The van der Waals surface area contributed by atoms with Gasteiger partial charge in [0.2, 0.25) is 5.91 Å². The molecule has 34 heavy (non-hydrogen) atoms. The van der Waals surface area contributed by atoms with Gasteiger partial charge in [0.25, 0.3) is 0 Å². The fourth-order valence-electron chi connectivity index (χ4n) is 5.13. The maximum atomic E-state index is 12.9. The van der Waals surface area contributed by atoms with E-state index < -0.39 is 0 Å². The van der Waals surface area contributed by atoms with E-state index in [4.69, 9.17) is 14.7 Å². The normalized spacial score (nSPS) is 18.3. The predicted molar refractivity (Wildman–Crippen MR) is 138 cm³/mol. The average Bonchev–Trinajstić information content (AvgIpc) is 3.21. The van der Waals surface area contributed by atoms with Gasteiger partial charge in [-0.1, -0.05) is 26.0 Å². The van der Waals surface area contributed by atoms with E-state index in [0.717, 1.165) is 85.6 Å². The first kappa shape index (κ1) is 23.1. The number of hydrogen-bond acceptors (Lipinski definition) is 6. The molecule has 6 nitrogen and oxygen atoms in total. The van der Waals surface area contributed by atoms with Crippen molar-refractivity contribution in [2.45, 2.75) is 52.4 Å². The lowest BCUT2D eigenvalue weighted by Gasteiger charge is -2.36. The monoisotopic (exact) mass is 478 g/mol. The molecule has 0 bridgehead atoms. The van der Waals surface area contributed by atoms with E-state index in [1.54, 1.807) is 7.11 Å². The third-order valence-corrected chi connectivity index (χ3v) is 8.25. The summed E-state index contributed by atoms with van der Waals surface area (Å²) in [5, 5.41) is 1.28. The van der Waals surface area contributed by atoms with Gasteiger partial charge in [0.05, 0.1) is 18.9 Å². The number of thiophene rings is 1. The SMILES string of the molecule is CCCc1nc(N2CCN(C(=O)Cc3ccc(OC)cc3)CC2)c2c3c(sc2n1)C[C@H](C)CC3. The zero-order valence-corrected chi connectivity index (χ0v) is 21.3. The summed E-state index contributed by atoms with van der Waals surface area (Å²) in [6.07, 6.45) is 5.90. The smallest absolute Gasteiger partial charge is 0.227 e. The summed E-state index contributed by atoms with van der Waals surface area (Å²) >= 11 is 1.88. The Morgan fingerprint density at radius 2 is 1.91 bits per heavy atom. The number of fused-ring (bicyclic) bond motifs is 3. The number of ether oxygens (including phenoxy) is 1. The molecule has 1 aromatic carbocycles. The first-order valence-electron chi connectivity index (χ1n) is 12.5. The molecule has 1 atom stereocenters. The molecule has 3 heterocycles. The van der Waals surface area contributed by atoms with Crippen LogP contribution in [0, 0.1) is 5.92 Å². The fourth-order valence-corrected chi connectivity index (χ4v) is 6.52. The lowest BCUT2D eigenvalue weighted by atomic mass is 9.89. The van der Waals surface area contributed by atoms with Gasteiger partial charge in [0.15, 0.2) is 0 Å². The molecule has 3 aromatic rings. The van der Waals surface area contributed by atoms with Crippen molar-refractivity contribution in [3.63, 3.8) is 0 Å². The topological polar surface area (TPSA) is 58.6 Å². The number of piperazine rings is 1. The number of aromatic nitrogens is 2. The molecule has 5 rings (SSSR count). The maximum absolute atomic E-state index is 12.9. The number of rotatable bonds is 6. The van der Waals surface area contributed by atoms with Crippen molar-refractivity contribution in [2.24, 2.45) is 5.92 Å². The van der Waals surface area contributed by atoms with E-state index in [1.807, 2.05) is 40.5 Å². The quantitative estimate of drug-likeness (QED) is 0.515. The molecular weight excluding hydrogens is 444 g/mol. The Morgan fingerprint density at radius 3 is 2.62 bits per heavy atom. The lowest BCUT2D eigenvalue weighted by molar-refractivity contribution is -0.130. The van der Waals surface area contributed by atoms with Gasteiger partial charge in [-0.05, 0) is 54.9 Å². The van der Waals surface area contributed by atoms with Crippen molar-refractivity contribution in [1.29, 1.82) is 0 Å². The average molecular weight is 479 g/mol. The number of nitrogens with zero attached hydrogens (tertiary/aromatic N) is 4. The Balaban J connectivity index is 1.34. The van der Waals surface area contributed by atoms with Gasteiger partial charge in [-0.25, -0.2) is 9.97 Å². The summed E-state index contributed by atoms with van der Waals surface area (Å²) < 4.78 is 5.22. The molecule has 1 amide bonds. The van der Waals surface area contributed by atoms with Gasteiger partial charge in [-0.3, -0.25) is 4.79 Å². The first-order valence-corrected chi connectivity index (χ1v) is 13.3. The number of carbonyl (C=O) groups excluding carboxylic acids is 1. The molecule has 1 aliphatic heterocycles. The second-order valence-corrected chi connectivity index (χ2v) is 10.7. The van der Waals surface area contributed by atoms with Crippen LogP contribution < -0.4 is 9.64 Å². The molecule has 0 spiro atoms. The minimum absolute atomic E-state index is 0.186. The zero-order valence-electron chi connectivity index (χ0n) is 20.5. The number of amides is 1. The number of carbonyl (C=O) groups is 1. The first-order chi connectivity index (χ1) is 16.6. The van der Waals surface area contributed by atoms with Crippen molar-refractivity contribution in [1.82, 2.24) is 14.9 Å². The van der Waals surface area contributed by atoms with Crippen molar-refractivity contribution in [3.05, 3.63) is 46.1 Å². The highest BCUT2D eigenvalue weighted by molar-refractivity contribution is 7.19. The van der Waals surface area contributed by atoms with E-state index in [0.29, 0.717) is 6.42 Å². The highest BCUT2D eigenvalue weighted by Crippen LogP contribution is 2.41. The van der Waals surface area contributed by atoms with Crippen LogP contribution in [0.2, 0.25) is 0 Å². The van der Waals surface area contributed by atoms with Gasteiger partial charge >= 0.3 is 0 Å². The van der Waals surface area contributed by atoms with Gasteiger partial charge in [0.1, 0.15) is 22.2 Å². The largest absolute Gasteiger partial charge is 0.497 e. The van der Waals surface area contributed by atoms with Gasteiger partial charge < -0.3 is 14.5 Å². The van der Waals surface area contributed by atoms with E-state index in [-0.39, 0.29) is 5.91 Å². The van der Waals surface area contributed by atoms with Crippen LogP contribution in [0.4, 0.5) is 5.82 Å². The molecule has 1 saturated heterocycles. The fraction of sp³-hybridized carbons (Fsp3) is 0.519. The molecule has 2 aliphatic rings. The summed E-state index contributed by atoms with van der Waals surface area (Å²) in [5.41, 5.74) is 2.50. The highest BCUT2D eigenvalue weighted by atomic mass is 32.1. The van der Waals surface area contributed by atoms with Crippen LogP contribution in [0.25, 0.3) is 10.2 Å². The van der Waals surface area contributed by atoms with Gasteiger partial charge in [-0.2, -0.15) is 0 Å². The molecule has 0 N–H and O–H groups in total. The van der Waals surface area contributed by atoms with Crippen LogP contribution >= 0.6 is 11.3 Å². The van der Waals surface area contributed by atoms with Crippen molar-refractivity contribution in [3.8, 4) is 5.75 Å². The van der Waals surface area contributed by atoms with Crippen LogP contribution in [-0.4, -0.2) is 54.1 Å². The van der Waals surface area contributed by atoms with Gasteiger partial charge in [-0.15, -0.1) is 11.3 Å². The molecule has 180 valence electrons. The minimum atomic E-state index is 0.186. The molecule has 2 aromatic heterocycles. The van der Waals surface area contributed by atoms with Gasteiger partial charge in [0, 0.05) is 37.5 Å². The molecule has 1 aliphatic carbocycles. The second kappa shape index (κ2) is 9.90. The summed E-state index contributed by atoms with van der Waals surface area (Å²) in [6.45, 7) is 7.62. The van der Waals surface area contributed by atoms with Crippen LogP contribution in [0.3, 0.4) is 0 Å². The number of methoxy groups -OCH3 is 1. The highest BCUT2D eigenvalue weighted by Gasteiger charge is 2.28. The molecule has 1 fully saturated rings. The summed E-state index contributed by atoms with van der Waals surface area (Å²) in [7, 11) is 1.66. The second-order valence-electron chi connectivity index (χ2n) is 9.64. The van der Waals surface area contributed by atoms with Crippen LogP contribution in [-0.2, 0) is 30.5 Å². The Labute approximate surface area is 206 Å². The zero-order chi connectivity index (χ0) is 23.7. The molecule has 0 unspecified atom stereocenters. The van der Waals surface area contributed by atoms with Crippen molar-refractivity contribution in [2.75, 3.05) is 38.2 Å². The number of benzene rings is 1. The molecule has 0 radical (unpaired) electrons. The maximum Gasteiger partial charge on any atom is 0.227 e. The Bertz CT molecular complexity index is 1170. The third kappa shape index (κ3) is 4.63. The van der Waals surface area contributed by atoms with Crippen molar-refractivity contribution < 1.29 is 9.53 Å². The van der Waals surface area contributed by atoms with Crippen LogP contribution in [0.1, 0.15) is 48.5 Å². The predicted octanol–water partition coefficient (Wildman–Crippen LogP) is 4.67. The van der Waals surface area contributed by atoms with E-state index in [1.165, 1.54) is 22.2 Å². The van der Waals surface area contributed by atoms with Crippen LogP contribution in [0.5, 0.6) is 5.75 Å². The minimum Gasteiger partial charge on any atom is -0.497 e. The summed E-state index contributed by atoms with van der Waals surface area (Å²) in [6, 6.07) is 7.77. The Hall–Kier alpha value is -2.67. The summed E-state index contributed by atoms with van der Waals surface area (Å²) in [4.78, 5) is 30.0. The Morgan fingerprint density at radius 1 is 1.15 bits per heavy atom. The van der Waals surface area contributed by atoms with E-state index in [9.17, 15) is 4.79 Å². The number of hydrogen-bond donors (Lipinski definition) is 0. The number of aryl methyl sites for hydroxylation is 2. The van der Waals surface area contributed by atoms with Crippen molar-refractivity contribution >= 4 is 33.3 Å². The van der Waals surface area contributed by atoms with E-state index >= 15 is 0 Å². The third-order valence-electron chi connectivity index (χ3n) is 7.10. The molecular formula is C27H34N4O2S. The molecule has 0 saturated carbocycles. The Kier molecular flexibility index (Phi) is 6.73.